The third kappa shape index (κ3) is 2.26. The second-order valence-electron chi connectivity index (χ2n) is 2.86. The summed E-state index contributed by atoms with van der Waals surface area (Å²) >= 11 is 0. The quantitative estimate of drug-likeness (QED) is 0.699. The number of methoxy groups -OCH3 is 2. The van der Waals surface area contributed by atoms with Crippen LogP contribution >= 0.6 is 0 Å². The summed E-state index contributed by atoms with van der Waals surface area (Å²) in [6.45, 7) is 0. The summed E-state index contributed by atoms with van der Waals surface area (Å²) in [5.41, 5.74) is 0.602. The largest absolute Gasteiger partial charge is 0.493 e. The molecule has 0 amide bonds. The lowest BCUT2D eigenvalue weighted by molar-refractivity contribution is -0.108. The zero-order chi connectivity index (χ0) is 11.3. The second kappa shape index (κ2) is 5.01. The molecule has 0 aliphatic carbocycles. The van der Waals surface area contributed by atoms with Crippen molar-refractivity contribution in [2.75, 3.05) is 14.2 Å². The van der Waals surface area contributed by atoms with Gasteiger partial charge in [-0.1, -0.05) is 6.07 Å². The van der Waals surface area contributed by atoms with Crippen LogP contribution in [-0.2, 0) is 4.79 Å². The fourth-order valence-corrected chi connectivity index (χ4v) is 1.23. The van der Waals surface area contributed by atoms with Gasteiger partial charge in [-0.2, -0.15) is 5.26 Å². The summed E-state index contributed by atoms with van der Waals surface area (Å²) in [6.07, 6.45) is 0.598. The number of nitriles is 1. The highest BCUT2D eigenvalue weighted by Crippen LogP contribution is 2.29. The maximum absolute atomic E-state index is 10.6. The van der Waals surface area contributed by atoms with Gasteiger partial charge in [-0.25, -0.2) is 0 Å². The van der Waals surface area contributed by atoms with Gasteiger partial charge in [0.25, 0.3) is 0 Å². The summed E-state index contributed by atoms with van der Waals surface area (Å²) in [4.78, 5) is 10.6. The molecule has 78 valence electrons. The molecule has 1 atom stereocenters. The van der Waals surface area contributed by atoms with Gasteiger partial charge in [-0.05, 0) is 17.7 Å². The Morgan fingerprint density at radius 2 is 2.00 bits per heavy atom. The van der Waals surface area contributed by atoms with Crippen LogP contribution < -0.4 is 9.47 Å². The highest BCUT2D eigenvalue weighted by atomic mass is 16.5. The van der Waals surface area contributed by atoms with Gasteiger partial charge in [-0.15, -0.1) is 0 Å². The molecule has 0 spiro atoms. The zero-order valence-corrected chi connectivity index (χ0v) is 8.56. The van der Waals surface area contributed by atoms with Crippen molar-refractivity contribution >= 4 is 6.29 Å². The molecule has 0 bridgehead atoms. The maximum atomic E-state index is 10.6. The molecule has 0 fully saturated rings. The first-order valence-corrected chi connectivity index (χ1v) is 4.33. The zero-order valence-electron chi connectivity index (χ0n) is 8.56. The van der Waals surface area contributed by atoms with Crippen molar-refractivity contribution in [3.63, 3.8) is 0 Å². The average Bonchev–Trinajstić information content (AvgIpc) is 2.30. The van der Waals surface area contributed by atoms with Gasteiger partial charge < -0.3 is 14.3 Å². The topological polar surface area (TPSA) is 59.3 Å². The third-order valence-corrected chi connectivity index (χ3v) is 2.04. The number of aldehydes is 1. The Morgan fingerprint density at radius 3 is 2.47 bits per heavy atom. The van der Waals surface area contributed by atoms with Gasteiger partial charge in [0.05, 0.1) is 20.3 Å². The Bertz CT molecular complexity index is 395. The number of hydrogen-bond donors (Lipinski definition) is 0. The molecule has 0 aromatic heterocycles. The van der Waals surface area contributed by atoms with Crippen molar-refractivity contribution in [2.45, 2.75) is 5.92 Å². The predicted molar refractivity (Wildman–Crippen MR) is 54.0 cm³/mol. The molecular formula is C11H11NO3. The van der Waals surface area contributed by atoms with Crippen molar-refractivity contribution in [2.24, 2.45) is 0 Å². The number of nitrogens with zero attached hydrogens (tertiary/aromatic N) is 1. The van der Waals surface area contributed by atoms with E-state index in [0.717, 1.165) is 0 Å². The molecule has 0 unspecified atom stereocenters. The lowest BCUT2D eigenvalue weighted by Gasteiger charge is -2.09. The molecule has 0 radical (unpaired) electrons. The van der Waals surface area contributed by atoms with Crippen LogP contribution in [-0.4, -0.2) is 20.5 Å². The molecule has 0 aliphatic heterocycles. The van der Waals surface area contributed by atoms with Crippen molar-refractivity contribution in [3.05, 3.63) is 23.8 Å². The summed E-state index contributed by atoms with van der Waals surface area (Å²) in [7, 11) is 3.03. The molecule has 0 heterocycles. The maximum Gasteiger partial charge on any atom is 0.161 e. The van der Waals surface area contributed by atoms with Gasteiger partial charge in [0.15, 0.2) is 11.5 Å². The molecule has 0 N–H and O–H groups in total. The molecule has 0 aliphatic rings. The van der Waals surface area contributed by atoms with E-state index < -0.39 is 5.92 Å². The Kier molecular flexibility index (Phi) is 3.69. The van der Waals surface area contributed by atoms with Gasteiger partial charge >= 0.3 is 0 Å². The van der Waals surface area contributed by atoms with Crippen LogP contribution in [0.2, 0.25) is 0 Å². The minimum atomic E-state index is -0.759. The third-order valence-electron chi connectivity index (χ3n) is 2.04. The Morgan fingerprint density at radius 1 is 1.33 bits per heavy atom. The minimum Gasteiger partial charge on any atom is -0.493 e. The van der Waals surface area contributed by atoms with E-state index in [9.17, 15) is 4.79 Å². The Hall–Kier alpha value is -2.02. The molecule has 0 saturated heterocycles. The van der Waals surface area contributed by atoms with Gasteiger partial charge in [0.2, 0.25) is 0 Å². The normalized spacial score (nSPS) is 11.3. The van der Waals surface area contributed by atoms with Crippen LogP contribution in [0.25, 0.3) is 0 Å². The molecular weight excluding hydrogens is 194 g/mol. The first kappa shape index (κ1) is 11.1. The van der Waals surface area contributed by atoms with E-state index >= 15 is 0 Å². The standard InChI is InChI=1S/C11H11NO3/c1-14-10-4-3-8(5-11(10)15-2)9(6-12)7-13/h3-5,7,9H,1-2H3/t9-/m0/s1. The smallest absolute Gasteiger partial charge is 0.161 e. The Labute approximate surface area is 88.0 Å². The fraction of sp³-hybridized carbons (Fsp3) is 0.273. The molecule has 1 aromatic rings. The monoisotopic (exact) mass is 205 g/mol. The van der Waals surface area contributed by atoms with E-state index in [2.05, 4.69) is 0 Å². The lowest BCUT2D eigenvalue weighted by Crippen LogP contribution is -1.98. The number of hydrogen-bond acceptors (Lipinski definition) is 4. The second-order valence-corrected chi connectivity index (χ2v) is 2.86. The van der Waals surface area contributed by atoms with Crippen LogP contribution in [0.5, 0.6) is 11.5 Å². The van der Waals surface area contributed by atoms with E-state index in [1.165, 1.54) is 14.2 Å². The van der Waals surface area contributed by atoms with E-state index in [1.807, 2.05) is 6.07 Å². The van der Waals surface area contributed by atoms with Gasteiger partial charge in [-0.3, -0.25) is 0 Å². The van der Waals surface area contributed by atoms with Crippen molar-refractivity contribution in [3.8, 4) is 17.6 Å². The summed E-state index contributed by atoms with van der Waals surface area (Å²) in [5.74, 6) is 0.325. The highest BCUT2D eigenvalue weighted by molar-refractivity contribution is 5.67. The number of rotatable bonds is 4. The van der Waals surface area contributed by atoms with Crippen LogP contribution in [0.4, 0.5) is 0 Å². The average molecular weight is 205 g/mol. The van der Waals surface area contributed by atoms with E-state index in [-0.39, 0.29) is 0 Å². The first-order valence-electron chi connectivity index (χ1n) is 4.33. The van der Waals surface area contributed by atoms with Gasteiger partial charge in [0.1, 0.15) is 12.2 Å². The summed E-state index contributed by atoms with van der Waals surface area (Å²) in [6, 6.07) is 6.86. The number of ether oxygens (including phenoxy) is 2. The van der Waals surface area contributed by atoms with Gasteiger partial charge in [0, 0.05) is 0 Å². The van der Waals surface area contributed by atoms with Crippen molar-refractivity contribution < 1.29 is 14.3 Å². The summed E-state index contributed by atoms with van der Waals surface area (Å²) in [5, 5.41) is 8.72. The van der Waals surface area contributed by atoms with Crippen LogP contribution in [0, 0.1) is 11.3 Å². The van der Waals surface area contributed by atoms with Crippen molar-refractivity contribution in [1.29, 1.82) is 5.26 Å². The van der Waals surface area contributed by atoms with Crippen LogP contribution in [0.1, 0.15) is 11.5 Å². The number of carbonyl (C=O) groups is 1. The summed E-state index contributed by atoms with van der Waals surface area (Å²) < 4.78 is 10.1. The minimum absolute atomic E-state index is 0.511. The molecule has 15 heavy (non-hydrogen) atoms. The van der Waals surface area contributed by atoms with Crippen LogP contribution in [0.15, 0.2) is 18.2 Å². The highest BCUT2D eigenvalue weighted by Gasteiger charge is 2.12. The lowest BCUT2D eigenvalue weighted by atomic mass is 10.0. The van der Waals surface area contributed by atoms with Crippen molar-refractivity contribution in [1.82, 2.24) is 0 Å². The SMILES string of the molecule is COc1ccc([C@@H](C#N)C=O)cc1OC. The first-order chi connectivity index (χ1) is 7.26. The molecule has 1 rings (SSSR count). The Balaban J connectivity index is 3.13. The molecule has 4 nitrogen and oxygen atoms in total. The van der Waals surface area contributed by atoms with E-state index in [4.69, 9.17) is 14.7 Å². The van der Waals surface area contributed by atoms with Crippen LogP contribution in [0.3, 0.4) is 0 Å². The molecule has 0 saturated carbocycles. The molecule has 1 aromatic carbocycles. The predicted octanol–water partition coefficient (Wildman–Crippen LogP) is 1.51. The number of carbonyl (C=O) groups excluding carboxylic acids is 1. The molecule has 4 heteroatoms. The van der Waals surface area contributed by atoms with E-state index in [0.29, 0.717) is 23.3 Å². The van der Waals surface area contributed by atoms with E-state index in [1.54, 1.807) is 18.2 Å². The fourth-order valence-electron chi connectivity index (χ4n) is 1.23. The number of benzene rings is 1.